The highest BCUT2D eigenvalue weighted by Gasteiger charge is 2.45. The molecule has 15 nitrogen and oxygen atoms in total. The molecule has 6 rings (SSSR count). The van der Waals surface area contributed by atoms with E-state index in [0.29, 0.717) is 53.0 Å². The van der Waals surface area contributed by atoms with E-state index in [9.17, 15) is 28.8 Å². The molecule has 0 saturated carbocycles. The minimum atomic E-state index is -0.969. The van der Waals surface area contributed by atoms with Gasteiger partial charge in [0.15, 0.2) is 0 Å². The van der Waals surface area contributed by atoms with Gasteiger partial charge in [0.1, 0.15) is 23.1 Å². The molecule has 2 aromatic carbocycles. The van der Waals surface area contributed by atoms with E-state index in [-0.39, 0.29) is 30.9 Å². The van der Waals surface area contributed by atoms with Crippen molar-refractivity contribution in [3.63, 3.8) is 0 Å². The highest BCUT2D eigenvalue weighted by atomic mass is 16.5. The molecular formula is C40H47N7O8. The van der Waals surface area contributed by atoms with E-state index in [1.807, 2.05) is 18.2 Å². The molecule has 0 spiro atoms. The molecule has 2 aliphatic rings. The van der Waals surface area contributed by atoms with Gasteiger partial charge in [-0.1, -0.05) is 44.2 Å². The largest absolute Gasteiger partial charge is 0.496 e. The summed E-state index contributed by atoms with van der Waals surface area (Å²) in [6, 6.07) is 8.05. The Morgan fingerprint density at radius 1 is 0.927 bits per heavy atom. The molecule has 4 N–H and O–H groups in total. The summed E-state index contributed by atoms with van der Waals surface area (Å²) in [6.07, 6.45) is 11.1. The minimum Gasteiger partial charge on any atom is -0.496 e. The van der Waals surface area contributed by atoms with Crippen molar-refractivity contribution in [3.05, 3.63) is 75.3 Å². The Hall–Kier alpha value is -5.83. The lowest BCUT2D eigenvalue weighted by molar-refractivity contribution is -0.136. The quantitative estimate of drug-likeness (QED) is 0.0863. The van der Waals surface area contributed by atoms with E-state index >= 15 is 0 Å². The standard InChI is InChI=1S/C40H47N7O8/c1-46-23-29(27-21-43-45-36(27)40(46)53)25-18-31(54-2)28(32(19-25)55-3)20-41-22-34(49)42-17-10-8-6-4-5-7-9-12-24-13-11-14-26-35(24)39(52)47(38(26)51)30-15-16-33(48)44-37(30)50/h11,13-14,18-19,21,23,30,41H,4-10,12,15-17,20,22H2,1-3H3,(H,42,49)(H,43,45)(H,44,48,50). The monoisotopic (exact) mass is 753 g/mol. The molecule has 4 heterocycles. The van der Waals surface area contributed by atoms with Gasteiger partial charge >= 0.3 is 0 Å². The van der Waals surface area contributed by atoms with E-state index < -0.39 is 29.7 Å². The molecule has 1 fully saturated rings. The van der Waals surface area contributed by atoms with Gasteiger partial charge in [-0.05, 0) is 55.0 Å². The molecule has 15 heteroatoms. The number of ether oxygens (including phenoxy) is 2. The molecule has 290 valence electrons. The van der Waals surface area contributed by atoms with Crippen molar-refractivity contribution in [2.45, 2.75) is 76.8 Å². The smallest absolute Gasteiger partial charge is 0.276 e. The summed E-state index contributed by atoms with van der Waals surface area (Å²) in [5.41, 5.74) is 4.10. The number of imide groups is 2. The normalized spacial score (nSPS) is 15.4. The molecule has 1 saturated heterocycles. The Morgan fingerprint density at radius 2 is 1.64 bits per heavy atom. The van der Waals surface area contributed by atoms with Crippen molar-refractivity contribution < 1.29 is 33.4 Å². The van der Waals surface area contributed by atoms with Crippen molar-refractivity contribution in [3.8, 4) is 22.6 Å². The van der Waals surface area contributed by atoms with Crippen LogP contribution < -0.4 is 31.0 Å². The average molecular weight is 754 g/mol. The number of hydrogen-bond donors (Lipinski definition) is 4. The van der Waals surface area contributed by atoms with Crippen LogP contribution >= 0.6 is 0 Å². The third kappa shape index (κ3) is 8.46. The van der Waals surface area contributed by atoms with Crippen LogP contribution in [-0.2, 0) is 34.4 Å². The van der Waals surface area contributed by atoms with Crippen LogP contribution in [0, 0.1) is 0 Å². The summed E-state index contributed by atoms with van der Waals surface area (Å²) in [5.74, 6) is -0.883. The highest BCUT2D eigenvalue weighted by molar-refractivity contribution is 6.24. The zero-order valence-electron chi connectivity index (χ0n) is 31.4. The fourth-order valence-electron chi connectivity index (χ4n) is 7.40. The number of carbonyl (C=O) groups excluding carboxylic acids is 5. The first kappa shape index (κ1) is 38.9. The van der Waals surface area contributed by atoms with E-state index in [1.165, 1.54) is 4.57 Å². The molecule has 2 aromatic heterocycles. The first-order valence-corrected chi connectivity index (χ1v) is 18.7. The number of hydrogen-bond acceptors (Lipinski definition) is 10. The first-order valence-electron chi connectivity index (χ1n) is 18.7. The number of aryl methyl sites for hydroxylation is 2. The van der Waals surface area contributed by atoms with Gasteiger partial charge < -0.3 is 24.7 Å². The molecule has 0 radical (unpaired) electrons. The number of carbonyl (C=O) groups is 5. The fraction of sp³-hybridized carbons (Fsp3) is 0.425. The molecule has 0 bridgehead atoms. The molecule has 55 heavy (non-hydrogen) atoms. The summed E-state index contributed by atoms with van der Waals surface area (Å²) in [5, 5.41) is 15.9. The Labute approximate surface area is 318 Å². The van der Waals surface area contributed by atoms with E-state index in [0.717, 1.165) is 72.1 Å². The maximum atomic E-state index is 13.3. The van der Waals surface area contributed by atoms with Crippen molar-refractivity contribution in [1.82, 2.24) is 35.6 Å². The molecule has 5 amide bonds. The molecule has 1 unspecified atom stereocenters. The zero-order valence-corrected chi connectivity index (χ0v) is 31.4. The Balaban J connectivity index is 0.875. The van der Waals surface area contributed by atoms with Gasteiger partial charge in [-0.25, -0.2) is 0 Å². The predicted molar refractivity (Wildman–Crippen MR) is 204 cm³/mol. The summed E-state index contributed by atoms with van der Waals surface area (Å²) in [6.45, 7) is 1.06. The number of piperidine rings is 1. The lowest BCUT2D eigenvalue weighted by Gasteiger charge is -2.27. The molecule has 4 aromatic rings. The number of pyridine rings is 1. The van der Waals surface area contributed by atoms with Gasteiger partial charge in [0.05, 0.1) is 38.1 Å². The Bertz CT molecular complexity index is 2150. The second-order valence-corrected chi connectivity index (χ2v) is 13.9. The van der Waals surface area contributed by atoms with Crippen molar-refractivity contribution in [2.75, 3.05) is 27.3 Å². The van der Waals surface area contributed by atoms with Crippen LogP contribution in [0.3, 0.4) is 0 Å². The summed E-state index contributed by atoms with van der Waals surface area (Å²) in [7, 11) is 4.84. The van der Waals surface area contributed by atoms with Gasteiger partial charge in [-0.15, -0.1) is 0 Å². The van der Waals surface area contributed by atoms with E-state index in [1.54, 1.807) is 45.8 Å². The van der Waals surface area contributed by atoms with Crippen LogP contribution in [0.2, 0.25) is 0 Å². The number of benzene rings is 2. The maximum Gasteiger partial charge on any atom is 0.276 e. The van der Waals surface area contributed by atoms with Crippen molar-refractivity contribution in [2.24, 2.45) is 7.05 Å². The van der Waals surface area contributed by atoms with Crippen LogP contribution in [0.1, 0.15) is 89.6 Å². The summed E-state index contributed by atoms with van der Waals surface area (Å²) < 4.78 is 12.9. The lowest BCUT2D eigenvalue weighted by Crippen LogP contribution is -2.54. The van der Waals surface area contributed by atoms with Crippen LogP contribution in [0.4, 0.5) is 0 Å². The molecule has 1 atom stereocenters. The lowest BCUT2D eigenvalue weighted by atomic mass is 9.97. The number of nitrogens with zero attached hydrogens (tertiary/aromatic N) is 3. The fourth-order valence-corrected chi connectivity index (χ4v) is 7.40. The second-order valence-electron chi connectivity index (χ2n) is 13.9. The second kappa shape index (κ2) is 17.5. The average Bonchev–Trinajstić information content (AvgIpc) is 3.77. The first-order chi connectivity index (χ1) is 26.6. The number of nitrogens with one attached hydrogen (secondary N) is 4. The number of methoxy groups -OCH3 is 2. The van der Waals surface area contributed by atoms with Crippen molar-refractivity contribution in [1.29, 1.82) is 0 Å². The van der Waals surface area contributed by atoms with Crippen LogP contribution in [0.15, 0.2) is 47.5 Å². The SMILES string of the molecule is COc1cc(-c2cn(C)c(=O)c3[nH]ncc23)cc(OC)c1CNCC(=O)NCCCCCCCCCc1cccc2c1C(=O)N(C1CCC(=O)NC1=O)C2=O. The highest BCUT2D eigenvalue weighted by Crippen LogP contribution is 2.37. The van der Waals surface area contributed by atoms with E-state index in [2.05, 4.69) is 26.1 Å². The van der Waals surface area contributed by atoms with Crippen LogP contribution in [-0.4, -0.2) is 82.6 Å². The van der Waals surface area contributed by atoms with Gasteiger partial charge in [-0.3, -0.25) is 44.1 Å². The molecule has 2 aliphatic heterocycles. The van der Waals surface area contributed by atoms with Gasteiger partial charge in [0.25, 0.3) is 17.4 Å². The zero-order chi connectivity index (χ0) is 39.1. The minimum absolute atomic E-state index is 0.0898. The number of fused-ring (bicyclic) bond motifs is 2. The Morgan fingerprint density at radius 3 is 2.35 bits per heavy atom. The number of aromatic amines is 1. The molecule has 0 aliphatic carbocycles. The van der Waals surface area contributed by atoms with Gasteiger partial charge in [-0.2, -0.15) is 5.10 Å². The maximum absolute atomic E-state index is 13.3. The summed E-state index contributed by atoms with van der Waals surface area (Å²) in [4.78, 5) is 76.4. The number of rotatable bonds is 18. The summed E-state index contributed by atoms with van der Waals surface area (Å²) >= 11 is 0. The predicted octanol–water partition coefficient (Wildman–Crippen LogP) is 3.53. The van der Waals surface area contributed by atoms with E-state index in [4.69, 9.17) is 9.47 Å². The van der Waals surface area contributed by atoms with Gasteiger partial charge in [0, 0.05) is 49.3 Å². The number of H-pyrrole nitrogens is 1. The number of amides is 5. The Kier molecular flexibility index (Phi) is 12.4. The number of unbranched alkanes of at least 4 members (excludes halogenated alkanes) is 6. The van der Waals surface area contributed by atoms with Crippen LogP contribution in [0.25, 0.3) is 22.0 Å². The van der Waals surface area contributed by atoms with Crippen LogP contribution in [0.5, 0.6) is 11.5 Å². The third-order valence-electron chi connectivity index (χ3n) is 10.3. The van der Waals surface area contributed by atoms with Gasteiger partial charge in [0.2, 0.25) is 17.7 Å². The molecular weight excluding hydrogens is 706 g/mol. The number of aromatic nitrogens is 3. The van der Waals surface area contributed by atoms with Crippen molar-refractivity contribution >= 4 is 40.4 Å². The topological polar surface area (TPSA) is 194 Å². The third-order valence-corrected chi connectivity index (χ3v) is 10.3.